The largest absolute Gasteiger partial charge is 0.349 e. The molecule has 0 unspecified atom stereocenters. The Kier molecular flexibility index (Phi) is 5.77. The molecule has 0 aromatic carbocycles. The van der Waals surface area contributed by atoms with Crippen molar-refractivity contribution in [3.8, 4) is 0 Å². The van der Waals surface area contributed by atoms with E-state index >= 15 is 0 Å². The summed E-state index contributed by atoms with van der Waals surface area (Å²) in [5.74, 6) is -0.596. The van der Waals surface area contributed by atoms with Crippen molar-refractivity contribution in [2.45, 2.75) is 24.1 Å². The van der Waals surface area contributed by atoms with Crippen molar-refractivity contribution in [2.75, 3.05) is 6.54 Å². The van der Waals surface area contributed by atoms with Crippen molar-refractivity contribution in [1.29, 1.82) is 0 Å². The van der Waals surface area contributed by atoms with Gasteiger partial charge in [-0.05, 0) is 13.3 Å². The number of allylic oxidation sites excluding steroid dienone is 1. The van der Waals surface area contributed by atoms with Gasteiger partial charge in [0.2, 0.25) is 0 Å². The van der Waals surface area contributed by atoms with Gasteiger partial charge in [0.15, 0.2) is 0 Å². The fraction of sp³-hybridized carbons (Fsp3) is 0.625. The molecule has 76 valence electrons. The minimum Gasteiger partial charge on any atom is -0.349 e. The van der Waals surface area contributed by atoms with Crippen molar-refractivity contribution in [1.82, 2.24) is 5.32 Å². The van der Waals surface area contributed by atoms with E-state index in [0.717, 1.165) is 12.0 Å². The predicted molar refractivity (Wildman–Crippen MR) is 57.3 cm³/mol. The third-order valence-corrected chi connectivity index (χ3v) is 1.85. The molecule has 0 aliphatic carbocycles. The van der Waals surface area contributed by atoms with E-state index < -0.39 is 9.70 Å². The molecule has 0 spiro atoms. The van der Waals surface area contributed by atoms with Crippen molar-refractivity contribution in [3.05, 3.63) is 11.6 Å². The average molecular weight is 245 g/mol. The molecule has 0 aliphatic rings. The molecule has 0 saturated heterocycles. The first-order valence-corrected chi connectivity index (χ1v) is 5.02. The quantitative estimate of drug-likeness (QED) is 0.600. The highest BCUT2D eigenvalue weighted by Gasteiger charge is 2.29. The summed E-state index contributed by atoms with van der Waals surface area (Å²) in [6.07, 6.45) is 2.92. The lowest BCUT2D eigenvalue weighted by atomic mass is 10.2. The van der Waals surface area contributed by atoms with Crippen LogP contribution in [0, 0.1) is 0 Å². The van der Waals surface area contributed by atoms with Gasteiger partial charge in [-0.15, -0.1) is 0 Å². The first kappa shape index (κ1) is 13.1. The van der Waals surface area contributed by atoms with Crippen LogP contribution in [0.25, 0.3) is 0 Å². The topological polar surface area (TPSA) is 29.1 Å². The van der Waals surface area contributed by atoms with Crippen molar-refractivity contribution >= 4 is 40.7 Å². The fourth-order valence-electron chi connectivity index (χ4n) is 0.741. The first-order valence-electron chi connectivity index (χ1n) is 3.88. The lowest BCUT2D eigenvalue weighted by Gasteiger charge is -2.11. The Morgan fingerprint density at radius 3 is 2.38 bits per heavy atom. The van der Waals surface area contributed by atoms with Crippen LogP contribution in [0.3, 0.4) is 0 Å². The van der Waals surface area contributed by atoms with Crippen molar-refractivity contribution < 1.29 is 4.79 Å². The summed E-state index contributed by atoms with van der Waals surface area (Å²) < 4.78 is -1.87. The summed E-state index contributed by atoms with van der Waals surface area (Å²) >= 11 is 16.0. The van der Waals surface area contributed by atoms with Crippen LogP contribution in [0.5, 0.6) is 0 Å². The molecule has 0 atom stereocenters. The minimum atomic E-state index is -1.87. The second kappa shape index (κ2) is 5.74. The SMILES string of the molecule is CC/C=C(\C)CNC(=O)C(Cl)(Cl)Cl. The van der Waals surface area contributed by atoms with Crippen LogP contribution >= 0.6 is 34.8 Å². The molecule has 0 bridgehead atoms. The normalized spacial score (nSPS) is 12.8. The molecule has 1 N–H and O–H groups in total. The van der Waals surface area contributed by atoms with Gasteiger partial charge in [0, 0.05) is 6.54 Å². The van der Waals surface area contributed by atoms with Gasteiger partial charge < -0.3 is 5.32 Å². The van der Waals surface area contributed by atoms with Gasteiger partial charge >= 0.3 is 0 Å². The van der Waals surface area contributed by atoms with E-state index in [0.29, 0.717) is 6.54 Å². The Balaban J connectivity index is 3.91. The molecule has 13 heavy (non-hydrogen) atoms. The number of alkyl halides is 3. The zero-order valence-corrected chi connectivity index (χ0v) is 9.80. The Hall–Kier alpha value is 0.0800. The van der Waals surface area contributed by atoms with Gasteiger partial charge in [0.1, 0.15) is 0 Å². The van der Waals surface area contributed by atoms with E-state index in [1.54, 1.807) is 0 Å². The minimum absolute atomic E-state index is 0.417. The zero-order valence-electron chi connectivity index (χ0n) is 7.53. The van der Waals surface area contributed by atoms with Crippen LogP contribution < -0.4 is 5.32 Å². The Labute approximate surface area is 93.2 Å². The van der Waals surface area contributed by atoms with Crippen molar-refractivity contribution in [2.24, 2.45) is 0 Å². The highest BCUT2D eigenvalue weighted by atomic mass is 35.6. The third kappa shape index (κ3) is 6.19. The van der Waals surface area contributed by atoms with E-state index in [4.69, 9.17) is 34.8 Å². The number of amides is 1. The molecular weight excluding hydrogens is 232 g/mol. The summed E-state index contributed by atoms with van der Waals surface area (Å²) in [5.41, 5.74) is 1.05. The maximum absolute atomic E-state index is 11.0. The lowest BCUT2D eigenvalue weighted by molar-refractivity contribution is -0.120. The zero-order chi connectivity index (χ0) is 10.5. The van der Waals surface area contributed by atoms with Gasteiger partial charge in [0.25, 0.3) is 9.70 Å². The van der Waals surface area contributed by atoms with E-state index in [2.05, 4.69) is 5.32 Å². The average Bonchev–Trinajstić information content (AvgIpc) is 1.99. The standard InChI is InChI=1S/C8H12Cl3NO/c1-3-4-6(2)5-12-7(13)8(9,10)11/h4H,3,5H2,1-2H3,(H,12,13)/b6-4+. The second-order valence-electron chi connectivity index (χ2n) is 2.64. The molecule has 0 radical (unpaired) electrons. The smallest absolute Gasteiger partial charge is 0.272 e. The maximum Gasteiger partial charge on any atom is 0.272 e. The third-order valence-electron chi connectivity index (χ3n) is 1.34. The summed E-state index contributed by atoms with van der Waals surface area (Å²) in [6.45, 7) is 4.34. The van der Waals surface area contributed by atoms with Gasteiger partial charge in [0.05, 0.1) is 0 Å². The summed E-state index contributed by atoms with van der Waals surface area (Å²) in [4.78, 5) is 11.0. The number of halogens is 3. The van der Waals surface area contributed by atoms with Gasteiger partial charge in [-0.3, -0.25) is 4.79 Å². The Morgan fingerprint density at radius 1 is 1.46 bits per heavy atom. The van der Waals surface area contributed by atoms with E-state index in [1.807, 2.05) is 19.9 Å². The molecule has 0 fully saturated rings. The molecule has 0 heterocycles. The van der Waals surface area contributed by atoms with Gasteiger partial charge in [-0.2, -0.15) is 0 Å². The van der Waals surface area contributed by atoms with E-state index in [-0.39, 0.29) is 0 Å². The highest BCUT2D eigenvalue weighted by Crippen LogP contribution is 2.25. The van der Waals surface area contributed by atoms with E-state index in [1.165, 1.54) is 0 Å². The summed E-state index contributed by atoms with van der Waals surface area (Å²) in [7, 11) is 0. The Bertz CT molecular complexity index is 208. The van der Waals surface area contributed by atoms with E-state index in [9.17, 15) is 4.79 Å². The molecule has 1 amide bonds. The molecule has 0 aromatic rings. The Morgan fingerprint density at radius 2 is 2.00 bits per heavy atom. The molecule has 0 aromatic heterocycles. The molecule has 0 rings (SSSR count). The number of nitrogens with one attached hydrogen (secondary N) is 1. The summed E-state index contributed by atoms with van der Waals surface area (Å²) in [5, 5.41) is 2.50. The highest BCUT2D eigenvalue weighted by molar-refractivity contribution is 6.76. The number of hydrogen-bond donors (Lipinski definition) is 1. The monoisotopic (exact) mass is 243 g/mol. The van der Waals surface area contributed by atoms with Crippen LogP contribution in [-0.4, -0.2) is 16.2 Å². The maximum atomic E-state index is 11.0. The number of carbonyl (C=O) groups excluding carboxylic acids is 1. The predicted octanol–water partition coefficient (Wildman–Crippen LogP) is 2.83. The molecule has 2 nitrogen and oxygen atoms in total. The lowest BCUT2D eigenvalue weighted by Crippen LogP contribution is -2.35. The fourth-order valence-corrected chi connectivity index (χ4v) is 0.941. The van der Waals surface area contributed by atoms with Gasteiger partial charge in [-0.25, -0.2) is 0 Å². The van der Waals surface area contributed by atoms with Crippen LogP contribution in [-0.2, 0) is 4.79 Å². The molecule has 0 aliphatic heterocycles. The van der Waals surface area contributed by atoms with Crippen LogP contribution in [0.1, 0.15) is 20.3 Å². The van der Waals surface area contributed by atoms with Crippen LogP contribution in [0.15, 0.2) is 11.6 Å². The van der Waals surface area contributed by atoms with Gasteiger partial charge in [-0.1, -0.05) is 53.4 Å². The van der Waals surface area contributed by atoms with Crippen molar-refractivity contribution in [3.63, 3.8) is 0 Å². The molecule has 5 heteroatoms. The number of carbonyl (C=O) groups is 1. The second-order valence-corrected chi connectivity index (χ2v) is 4.92. The van der Waals surface area contributed by atoms with Crippen LogP contribution in [0.2, 0.25) is 0 Å². The number of rotatable bonds is 3. The number of hydrogen-bond acceptors (Lipinski definition) is 1. The van der Waals surface area contributed by atoms with Crippen LogP contribution in [0.4, 0.5) is 0 Å². The first-order chi connectivity index (χ1) is 5.88. The summed E-state index contributed by atoms with van der Waals surface area (Å²) in [6, 6.07) is 0. The molecular formula is C8H12Cl3NO. The molecule has 0 saturated carbocycles.